The van der Waals surface area contributed by atoms with Crippen LogP contribution in [0.2, 0.25) is 0 Å². The minimum absolute atomic E-state index is 0. The molecule has 0 saturated carbocycles. The van der Waals surface area contributed by atoms with Crippen LogP contribution in [0.4, 0.5) is 0 Å². The van der Waals surface area contributed by atoms with Gasteiger partial charge in [0.1, 0.15) is 12.1 Å². The minimum Gasteiger partial charge on any atom is -1.00 e. The fourth-order valence-electron chi connectivity index (χ4n) is 3.79. The van der Waals surface area contributed by atoms with Gasteiger partial charge in [0.25, 0.3) is 0 Å². The maximum atomic E-state index is 9.69. The van der Waals surface area contributed by atoms with E-state index in [4.69, 9.17) is 0 Å². The standard InChI is InChI=1S/C22H44N2O.ClH/c1-3-4-5-6-7-8-9-10-11-12-13-14-15-16-17-18-22-23-19-20-24(22)21(2)25;/h21,25H,3-20H2,1-2H3;1H/p-1. The molecule has 0 radical (unpaired) electrons. The Kier molecular flexibility index (Phi) is 17.9. The van der Waals surface area contributed by atoms with E-state index in [1.165, 1.54) is 96.3 Å². The normalized spacial score (nSPS) is 15.0. The van der Waals surface area contributed by atoms with Crippen molar-refractivity contribution in [3.8, 4) is 0 Å². The van der Waals surface area contributed by atoms with Crippen LogP contribution >= 0.6 is 0 Å². The molecule has 156 valence electrons. The maximum absolute atomic E-state index is 9.69. The third-order valence-corrected chi connectivity index (χ3v) is 5.42. The lowest BCUT2D eigenvalue weighted by Gasteiger charge is -2.23. The largest absolute Gasteiger partial charge is 1.00 e. The van der Waals surface area contributed by atoms with E-state index in [9.17, 15) is 5.11 Å². The van der Waals surface area contributed by atoms with E-state index in [0.717, 1.165) is 25.3 Å². The molecule has 0 fully saturated rings. The topological polar surface area (TPSA) is 35.8 Å². The summed E-state index contributed by atoms with van der Waals surface area (Å²) in [5, 5.41) is 9.69. The molecule has 0 bridgehead atoms. The average Bonchev–Trinajstić information content (AvgIpc) is 3.07. The Balaban J connectivity index is 0.00000625. The molecule has 1 atom stereocenters. The number of nitrogens with zero attached hydrogens (tertiary/aromatic N) is 2. The van der Waals surface area contributed by atoms with Gasteiger partial charge in [0.05, 0.1) is 6.54 Å². The van der Waals surface area contributed by atoms with Crippen LogP contribution in [-0.2, 0) is 0 Å². The first kappa shape index (κ1) is 25.7. The number of aliphatic hydroxyl groups excluding tert-OH is 1. The van der Waals surface area contributed by atoms with Crippen molar-refractivity contribution in [2.75, 3.05) is 13.1 Å². The molecule has 0 aromatic heterocycles. The smallest absolute Gasteiger partial charge is 0.125 e. The van der Waals surface area contributed by atoms with Crippen LogP contribution in [0.5, 0.6) is 0 Å². The molecular weight excluding hydrogens is 344 g/mol. The van der Waals surface area contributed by atoms with Crippen LogP contribution in [-0.4, -0.2) is 35.2 Å². The summed E-state index contributed by atoms with van der Waals surface area (Å²) in [6, 6.07) is 0. The first-order valence-electron chi connectivity index (χ1n) is 11.2. The van der Waals surface area contributed by atoms with Crippen molar-refractivity contribution < 1.29 is 17.5 Å². The van der Waals surface area contributed by atoms with E-state index in [1.807, 2.05) is 11.8 Å². The van der Waals surface area contributed by atoms with Crippen LogP contribution in [0, 0.1) is 0 Å². The summed E-state index contributed by atoms with van der Waals surface area (Å²) >= 11 is 0. The molecule has 0 amide bonds. The summed E-state index contributed by atoms with van der Waals surface area (Å²) in [7, 11) is 0. The quantitative estimate of drug-likeness (QED) is 0.389. The van der Waals surface area contributed by atoms with Crippen LogP contribution in [0.15, 0.2) is 4.99 Å². The Morgan fingerprint density at radius 1 is 0.808 bits per heavy atom. The zero-order valence-electron chi connectivity index (χ0n) is 17.5. The van der Waals surface area contributed by atoms with E-state index >= 15 is 0 Å². The maximum Gasteiger partial charge on any atom is 0.125 e. The number of halogens is 1. The Morgan fingerprint density at radius 2 is 1.23 bits per heavy atom. The predicted octanol–water partition coefficient (Wildman–Crippen LogP) is 3.30. The van der Waals surface area contributed by atoms with Gasteiger partial charge in [-0.2, -0.15) is 0 Å². The molecule has 1 rings (SSSR count). The molecule has 0 spiro atoms. The van der Waals surface area contributed by atoms with E-state index in [0.29, 0.717) is 0 Å². The van der Waals surface area contributed by atoms with Gasteiger partial charge in [0.15, 0.2) is 0 Å². The molecule has 1 N–H and O–H groups in total. The first-order valence-corrected chi connectivity index (χ1v) is 11.2. The second-order valence-corrected chi connectivity index (χ2v) is 7.82. The molecule has 1 aliphatic heterocycles. The Hall–Kier alpha value is -0.280. The van der Waals surface area contributed by atoms with Gasteiger partial charge in [0.2, 0.25) is 0 Å². The van der Waals surface area contributed by atoms with Crippen molar-refractivity contribution in [2.45, 2.75) is 123 Å². The van der Waals surface area contributed by atoms with Crippen molar-refractivity contribution in [3.05, 3.63) is 0 Å². The molecule has 1 unspecified atom stereocenters. The summed E-state index contributed by atoms with van der Waals surface area (Å²) in [5.41, 5.74) is 0. The van der Waals surface area contributed by atoms with E-state index in [2.05, 4.69) is 11.9 Å². The molecular formula is C22H44ClN2O-. The number of amidine groups is 1. The van der Waals surface area contributed by atoms with Crippen molar-refractivity contribution in [1.82, 2.24) is 4.90 Å². The lowest BCUT2D eigenvalue weighted by Crippen LogP contribution is -3.00. The van der Waals surface area contributed by atoms with E-state index < -0.39 is 0 Å². The highest BCUT2D eigenvalue weighted by Crippen LogP contribution is 2.15. The van der Waals surface area contributed by atoms with Gasteiger partial charge in [-0.3, -0.25) is 4.99 Å². The molecule has 0 aromatic rings. The second kappa shape index (κ2) is 18.1. The van der Waals surface area contributed by atoms with E-state index in [-0.39, 0.29) is 18.6 Å². The van der Waals surface area contributed by atoms with Crippen molar-refractivity contribution in [3.63, 3.8) is 0 Å². The van der Waals surface area contributed by atoms with Gasteiger partial charge in [0, 0.05) is 13.0 Å². The van der Waals surface area contributed by atoms with Crippen molar-refractivity contribution in [1.29, 1.82) is 0 Å². The number of hydrogen-bond donors (Lipinski definition) is 1. The van der Waals surface area contributed by atoms with E-state index in [1.54, 1.807) is 0 Å². The van der Waals surface area contributed by atoms with Crippen molar-refractivity contribution >= 4 is 5.84 Å². The highest BCUT2D eigenvalue weighted by Gasteiger charge is 2.19. The van der Waals surface area contributed by atoms with Crippen LogP contribution < -0.4 is 12.4 Å². The minimum atomic E-state index is -0.377. The zero-order chi connectivity index (χ0) is 18.2. The van der Waals surface area contributed by atoms with Crippen LogP contribution in [0.3, 0.4) is 0 Å². The summed E-state index contributed by atoms with van der Waals surface area (Å²) in [4.78, 5) is 6.57. The molecule has 3 nitrogen and oxygen atoms in total. The van der Waals surface area contributed by atoms with Gasteiger partial charge in [-0.05, 0) is 13.3 Å². The number of aliphatic hydroxyl groups is 1. The van der Waals surface area contributed by atoms with Gasteiger partial charge in [-0.1, -0.05) is 96.8 Å². The Bertz CT molecular complexity index is 334. The summed E-state index contributed by atoms with van der Waals surface area (Å²) in [6.45, 7) is 5.88. The SMILES string of the molecule is CCCCCCCCCCCCCCCCCC1=NCCN1C(C)O.[Cl-]. The highest BCUT2D eigenvalue weighted by atomic mass is 35.5. The number of aliphatic imine (C=N–C) groups is 1. The fourth-order valence-corrected chi connectivity index (χ4v) is 3.79. The van der Waals surface area contributed by atoms with Gasteiger partial charge in [-0.15, -0.1) is 0 Å². The Morgan fingerprint density at radius 3 is 1.65 bits per heavy atom. The van der Waals surface area contributed by atoms with Gasteiger partial charge < -0.3 is 22.4 Å². The summed E-state index contributed by atoms with van der Waals surface area (Å²) in [5.74, 6) is 1.13. The molecule has 4 heteroatoms. The Labute approximate surface area is 169 Å². The van der Waals surface area contributed by atoms with Gasteiger partial charge >= 0.3 is 0 Å². The monoisotopic (exact) mass is 387 g/mol. The fraction of sp³-hybridized carbons (Fsp3) is 0.955. The highest BCUT2D eigenvalue weighted by molar-refractivity contribution is 5.83. The number of rotatable bonds is 17. The molecule has 1 aliphatic rings. The molecule has 1 heterocycles. The third kappa shape index (κ3) is 13.0. The number of unbranched alkanes of at least 4 members (excludes halogenated alkanes) is 14. The molecule has 26 heavy (non-hydrogen) atoms. The van der Waals surface area contributed by atoms with Gasteiger partial charge in [-0.25, -0.2) is 0 Å². The molecule has 0 aromatic carbocycles. The summed E-state index contributed by atoms with van der Waals surface area (Å²) in [6.07, 6.45) is 21.7. The second-order valence-electron chi connectivity index (χ2n) is 7.82. The summed E-state index contributed by atoms with van der Waals surface area (Å²) < 4.78 is 0. The lowest BCUT2D eigenvalue weighted by molar-refractivity contribution is -0.0000108. The average molecular weight is 388 g/mol. The first-order chi connectivity index (χ1) is 12.3. The van der Waals surface area contributed by atoms with Crippen LogP contribution in [0.1, 0.15) is 117 Å². The predicted molar refractivity (Wildman–Crippen MR) is 110 cm³/mol. The molecule has 0 aliphatic carbocycles. The third-order valence-electron chi connectivity index (χ3n) is 5.42. The van der Waals surface area contributed by atoms with Crippen LogP contribution in [0.25, 0.3) is 0 Å². The zero-order valence-corrected chi connectivity index (χ0v) is 18.3. The lowest BCUT2D eigenvalue weighted by atomic mass is 10.0. The van der Waals surface area contributed by atoms with Crippen molar-refractivity contribution in [2.24, 2.45) is 4.99 Å². The number of hydrogen-bond acceptors (Lipinski definition) is 3. The molecule has 0 saturated heterocycles.